The Balaban J connectivity index is 2.16. The van der Waals surface area contributed by atoms with Crippen molar-refractivity contribution in [3.05, 3.63) is 30.1 Å². The van der Waals surface area contributed by atoms with E-state index in [9.17, 15) is 4.79 Å². The summed E-state index contributed by atoms with van der Waals surface area (Å²) in [4.78, 5) is 15.5. The molecule has 0 aliphatic heterocycles. The molecule has 0 aliphatic rings. The Morgan fingerprint density at radius 2 is 2.41 bits per heavy atom. The van der Waals surface area contributed by atoms with Gasteiger partial charge in [0.2, 0.25) is 5.91 Å². The molecule has 1 heterocycles. The van der Waals surface area contributed by atoms with Crippen LogP contribution in [-0.2, 0) is 11.2 Å². The minimum atomic E-state index is -0.0154. The lowest BCUT2D eigenvalue weighted by atomic mass is 10.1. The zero-order valence-electron chi connectivity index (χ0n) is 10.4. The Kier molecular flexibility index (Phi) is 6.25. The molecule has 1 unspecified atom stereocenters. The lowest BCUT2D eigenvalue weighted by Gasteiger charge is -2.10. The van der Waals surface area contributed by atoms with Crippen LogP contribution in [0.4, 0.5) is 0 Å². The number of rotatable bonds is 7. The number of nitrogens with two attached hydrogens (primary N) is 1. The molecule has 0 aliphatic carbocycles. The van der Waals surface area contributed by atoms with Crippen LogP contribution in [0.25, 0.3) is 0 Å². The number of hydrogen-bond acceptors (Lipinski definition) is 3. The van der Waals surface area contributed by atoms with Gasteiger partial charge >= 0.3 is 0 Å². The second-order valence-corrected chi connectivity index (χ2v) is 4.21. The molecule has 4 nitrogen and oxygen atoms in total. The zero-order chi connectivity index (χ0) is 12.5. The zero-order valence-corrected chi connectivity index (χ0v) is 10.4. The first kappa shape index (κ1) is 13.6. The second-order valence-electron chi connectivity index (χ2n) is 4.21. The van der Waals surface area contributed by atoms with Gasteiger partial charge in [-0.3, -0.25) is 9.78 Å². The molecule has 0 saturated heterocycles. The number of aromatic nitrogens is 1. The molecule has 17 heavy (non-hydrogen) atoms. The third kappa shape index (κ3) is 6.02. The van der Waals surface area contributed by atoms with Crippen LogP contribution in [-0.4, -0.2) is 23.5 Å². The second kappa shape index (κ2) is 7.79. The van der Waals surface area contributed by atoms with Crippen molar-refractivity contribution < 1.29 is 4.79 Å². The Morgan fingerprint density at radius 1 is 1.59 bits per heavy atom. The van der Waals surface area contributed by atoms with E-state index in [4.69, 9.17) is 5.73 Å². The Morgan fingerprint density at radius 3 is 3.06 bits per heavy atom. The van der Waals surface area contributed by atoms with Gasteiger partial charge in [-0.1, -0.05) is 19.4 Å². The number of carbonyl (C=O) groups excluding carboxylic acids is 1. The van der Waals surface area contributed by atoms with Crippen LogP contribution in [0, 0.1) is 0 Å². The Bertz CT molecular complexity index is 327. The van der Waals surface area contributed by atoms with Crippen molar-refractivity contribution in [3.63, 3.8) is 0 Å². The minimum Gasteiger partial charge on any atom is -0.356 e. The molecule has 3 N–H and O–H groups in total. The predicted octanol–water partition coefficient (Wildman–Crippen LogP) is 1.26. The normalized spacial score (nSPS) is 12.1. The first-order valence-electron chi connectivity index (χ1n) is 6.13. The maximum atomic E-state index is 11.5. The monoisotopic (exact) mass is 235 g/mol. The van der Waals surface area contributed by atoms with Gasteiger partial charge < -0.3 is 11.1 Å². The van der Waals surface area contributed by atoms with E-state index in [0.717, 1.165) is 24.8 Å². The van der Waals surface area contributed by atoms with Crippen molar-refractivity contribution in [1.29, 1.82) is 0 Å². The van der Waals surface area contributed by atoms with Crippen LogP contribution in [0.3, 0.4) is 0 Å². The number of pyridine rings is 1. The van der Waals surface area contributed by atoms with Crippen LogP contribution >= 0.6 is 0 Å². The van der Waals surface area contributed by atoms with Crippen LogP contribution in [0.5, 0.6) is 0 Å². The number of nitrogens with zero attached hydrogens (tertiary/aromatic N) is 1. The maximum Gasteiger partial charge on any atom is 0.221 e. The van der Waals surface area contributed by atoms with Gasteiger partial charge in [-0.05, 0) is 24.5 Å². The van der Waals surface area contributed by atoms with E-state index in [1.807, 2.05) is 18.3 Å². The first-order chi connectivity index (χ1) is 8.22. The molecule has 0 radical (unpaired) electrons. The molecule has 1 atom stereocenters. The fourth-order valence-corrected chi connectivity index (χ4v) is 1.68. The van der Waals surface area contributed by atoms with Gasteiger partial charge in [0.25, 0.3) is 0 Å². The summed E-state index contributed by atoms with van der Waals surface area (Å²) >= 11 is 0. The summed E-state index contributed by atoms with van der Waals surface area (Å²) in [5.41, 5.74) is 6.93. The summed E-state index contributed by atoms with van der Waals surface area (Å²) in [7, 11) is 0. The standard InChI is InChI=1S/C13H21N3O/c1-2-4-12(14)9-13(17)16-8-6-11-5-3-7-15-10-11/h3,5,7,10,12H,2,4,6,8-9,14H2,1H3,(H,16,17). The van der Waals surface area contributed by atoms with Crippen molar-refractivity contribution in [2.75, 3.05) is 6.54 Å². The van der Waals surface area contributed by atoms with Crippen LogP contribution in [0.1, 0.15) is 31.7 Å². The van der Waals surface area contributed by atoms with Crippen molar-refractivity contribution in [2.45, 2.75) is 38.6 Å². The van der Waals surface area contributed by atoms with Gasteiger partial charge in [-0.15, -0.1) is 0 Å². The molecule has 0 aromatic carbocycles. The fraction of sp³-hybridized carbons (Fsp3) is 0.538. The van der Waals surface area contributed by atoms with E-state index in [1.165, 1.54) is 0 Å². The van der Waals surface area contributed by atoms with Crippen LogP contribution < -0.4 is 11.1 Å². The quantitative estimate of drug-likeness (QED) is 0.747. The average Bonchev–Trinajstić information content (AvgIpc) is 2.30. The molecular formula is C13H21N3O. The van der Waals surface area contributed by atoms with Crippen molar-refractivity contribution in [1.82, 2.24) is 10.3 Å². The molecule has 94 valence electrons. The first-order valence-corrected chi connectivity index (χ1v) is 6.13. The molecule has 4 heteroatoms. The molecule has 0 fully saturated rings. The molecule has 1 aromatic rings. The molecule has 1 rings (SSSR count). The third-order valence-electron chi connectivity index (χ3n) is 2.57. The number of nitrogens with one attached hydrogen (secondary N) is 1. The molecule has 1 amide bonds. The van der Waals surface area contributed by atoms with Gasteiger partial charge in [0, 0.05) is 31.4 Å². The average molecular weight is 235 g/mol. The van der Waals surface area contributed by atoms with E-state index in [0.29, 0.717) is 13.0 Å². The molecule has 0 bridgehead atoms. The Hall–Kier alpha value is -1.42. The van der Waals surface area contributed by atoms with Gasteiger partial charge in [0.1, 0.15) is 0 Å². The van der Waals surface area contributed by atoms with Gasteiger partial charge in [-0.25, -0.2) is 0 Å². The number of carbonyl (C=O) groups is 1. The van der Waals surface area contributed by atoms with Crippen molar-refractivity contribution >= 4 is 5.91 Å². The largest absolute Gasteiger partial charge is 0.356 e. The van der Waals surface area contributed by atoms with Crippen molar-refractivity contribution in [2.24, 2.45) is 5.73 Å². The predicted molar refractivity (Wildman–Crippen MR) is 68.5 cm³/mol. The third-order valence-corrected chi connectivity index (χ3v) is 2.57. The summed E-state index contributed by atoms with van der Waals surface area (Å²) in [6, 6.07) is 3.88. The lowest BCUT2D eigenvalue weighted by Crippen LogP contribution is -2.32. The van der Waals surface area contributed by atoms with Gasteiger partial charge in [0.05, 0.1) is 0 Å². The highest BCUT2D eigenvalue weighted by molar-refractivity contribution is 5.76. The molecular weight excluding hydrogens is 214 g/mol. The molecule has 0 spiro atoms. The maximum absolute atomic E-state index is 11.5. The fourth-order valence-electron chi connectivity index (χ4n) is 1.68. The summed E-state index contributed by atoms with van der Waals surface area (Å²) in [5.74, 6) is 0.0369. The number of hydrogen-bond donors (Lipinski definition) is 2. The summed E-state index contributed by atoms with van der Waals surface area (Å²) in [5, 5.41) is 2.87. The highest BCUT2D eigenvalue weighted by Crippen LogP contribution is 1.99. The topological polar surface area (TPSA) is 68.0 Å². The van der Waals surface area contributed by atoms with E-state index in [2.05, 4.69) is 17.2 Å². The highest BCUT2D eigenvalue weighted by Gasteiger charge is 2.07. The van der Waals surface area contributed by atoms with E-state index >= 15 is 0 Å². The van der Waals surface area contributed by atoms with E-state index in [-0.39, 0.29) is 11.9 Å². The molecule has 1 aromatic heterocycles. The summed E-state index contributed by atoms with van der Waals surface area (Å²) in [6.07, 6.45) is 6.70. The van der Waals surface area contributed by atoms with Crippen LogP contribution in [0.2, 0.25) is 0 Å². The highest BCUT2D eigenvalue weighted by atomic mass is 16.1. The van der Waals surface area contributed by atoms with Gasteiger partial charge in [0.15, 0.2) is 0 Å². The van der Waals surface area contributed by atoms with Gasteiger partial charge in [-0.2, -0.15) is 0 Å². The Labute approximate surface area is 103 Å². The molecule has 0 saturated carbocycles. The smallest absolute Gasteiger partial charge is 0.221 e. The lowest BCUT2D eigenvalue weighted by molar-refractivity contribution is -0.121. The van der Waals surface area contributed by atoms with E-state index in [1.54, 1.807) is 6.20 Å². The van der Waals surface area contributed by atoms with E-state index < -0.39 is 0 Å². The SMILES string of the molecule is CCCC(N)CC(=O)NCCc1cccnc1. The summed E-state index contributed by atoms with van der Waals surface area (Å²) < 4.78 is 0. The summed E-state index contributed by atoms with van der Waals surface area (Å²) in [6.45, 7) is 2.71. The minimum absolute atomic E-state index is 0.0154. The van der Waals surface area contributed by atoms with Crippen molar-refractivity contribution in [3.8, 4) is 0 Å². The van der Waals surface area contributed by atoms with Crippen LogP contribution in [0.15, 0.2) is 24.5 Å². The number of amides is 1.